The molecule has 0 fully saturated rings. The molecule has 0 aliphatic carbocycles. The minimum atomic E-state index is -4.25. The number of phenols is 1. The van der Waals surface area contributed by atoms with Gasteiger partial charge in [-0.05, 0) is 46.2 Å². The van der Waals surface area contributed by atoms with E-state index in [2.05, 4.69) is 20.7 Å². The van der Waals surface area contributed by atoms with Gasteiger partial charge >= 0.3 is 0 Å². The van der Waals surface area contributed by atoms with Crippen molar-refractivity contribution in [3.05, 3.63) is 60.7 Å². The Hall–Kier alpha value is -3.17. The minimum Gasteiger partial charge on any atom is -0.506 e. The molecule has 0 bridgehead atoms. The molecule has 126 valence electrons. The first-order valence-electron chi connectivity index (χ1n) is 7.05. The van der Waals surface area contributed by atoms with Crippen LogP contribution in [0.3, 0.4) is 0 Å². The molecule has 0 radical (unpaired) electrons. The number of benzene rings is 3. The smallest absolute Gasteiger partial charge is 0.294 e. The molecular weight excluding hydrogens is 344 g/mol. The molecule has 0 aromatic heterocycles. The van der Waals surface area contributed by atoms with Crippen LogP contribution in [0.15, 0.2) is 86.2 Å². The maximum Gasteiger partial charge on any atom is 0.294 e. The second-order valence-corrected chi connectivity index (χ2v) is 6.42. The van der Waals surface area contributed by atoms with Crippen LogP contribution in [0.5, 0.6) is 5.75 Å². The first kappa shape index (κ1) is 16.7. The number of rotatable bonds is 4. The fraction of sp³-hybridized carbons (Fsp3) is 0. The molecule has 3 aromatic carbocycles. The van der Waals surface area contributed by atoms with E-state index in [4.69, 9.17) is 4.55 Å². The number of fused-ring (bicyclic) bond motifs is 1. The average Bonchev–Trinajstić information content (AvgIpc) is 2.60. The second-order valence-electron chi connectivity index (χ2n) is 5.00. The lowest BCUT2D eigenvalue weighted by molar-refractivity contribution is 0.477. The topological polar surface area (TPSA) is 124 Å². The Labute approximate surface area is 142 Å². The summed E-state index contributed by atoms with van der Waals surface area (Å²) in [7, 11) is -4.25. The van der Waals surface area contributed by atoms with Crippen molar-refractivity contribution in [3.8, 4) is 5.75 Å². The van der Waals surface area contributed by atoms with E-state index in [0.29, 0.717) is 5.69 Å². The van der Waals surface area contributed by atoms with Crippen LogP contribution in [0, 0.1) is 0 Å². The Balaban J connectivity index is 1.82. The van der Waals surface area contributed by atoms with Crippen LogP contribution in [0.1, 0.15) is 0 Å². The predicted octanol–water partition coefficient (Wildman–Crippen LogP) is 4.57. The van der Waals surface area contributed by atoms with Crippen LogP contribution in [0.2, 0.25) is 0 Å². The Morgan fingerprint density at radius 2 is 1.48 bits per heavy atom. The maximum absolute atomic E-state index is 10.9. The standard InChI is InChI=1S/C16H12N4O4S/c21-15-10-5-11-3-1-2-4-14(11)16(15)18-20-19-17-12-6-8-13(9-7-12)25(22,23)24/h1-10,21H,(H,22,23,24). The van der Waals surface area contributed by atoms with Gasteiger partial charge in [0.2, 0.25) is 0 Å². The highest BCUT2D eigenvalue weighted by atomic mass is 32.2. The van der Waals surface area contributed by atoms with Gasteiger partial charge in [-0.3, -0.25) is 4.55 Å². The number of nitrogens with zero attached hydrogens (tertiary/aromatic N) is 4. The van der Waals surface area contributed by atoms with Gasteiger partial charge in [-0.2, -0.15) is 8.42 Å². The van der Waals surface area contributed by atoms with Gasteiger partial charge < -0.3 is 5.11 Å². The van der Waals surface area contributed by atoms with E-state index in [9.17, 15) is 13.5 Å². The van der Waals surface area contributed by atoms with E-state index in [1.165, 1.54) is 30.3 Å². The highest BCUT2D eigenvalue weighted by molar-refractivity contribution is 7.85. The van der Waals surface area contributed by atoms with E-state index in [0.717, 1.165) is 10.8 Å². The number of aromatic hydroxyl groups is 1. The summed E-state index contributed by atoms with van der Waals surface area (Å²) in [5.74, 6) is -0.0323. The number of phenolic OH excluding ortho intramolecular Hbond substituents is 1. The normalized spacial score (nSPS) is 12.4. The first-order valence-corrected chi connectivity index (χ1v) is 8.49. The van der Waals surface area contributed by atoms with E-state index in [1.807, 2.05) is 18.2 Å². The highest BCUT2D eigenvalue weighted by Gasteiger charge is 2.08. The molecule has 0 unspecified atom stereocenters. The molecule has 8 nitrogen and oxygen atoms in total. The third-order valence-electron chi connectivity index (χ3n) is 3.36. The molecule has 0 atom stereocenters. The van der Waals surface area contributed by atoms with Crippen molar-refractivity contribution in [2.75, 3.05) is 0 Å². The lowest BCUT2D eigenvalue weighted by Gasteiger charge is -2.02. The highest BCUT2D eigenvalue weighted by Crippen LogP contribution is 2.35. The van der Waals surface area contributed by atoms with Crippen LogP contribution < -0.4 is 0 Å². The minimum absolute atomic E-state index is 0.0323. The Bertz CT molecular complexity index is 1080. The quantitative estimate of drug-likeness (QED) is 0.403. The zero-order chi connectivity index (χ0) is 17.9. The Morgan fingerprint density at radius 3 is 2.20 bits per heavy atom. The second kappa shape index (κ2) is 6.75. The third-order valence-corrected chi connectivity index (χ3v) is 4.23. The fourth-order valence-electron chi connectivity index (χ4n) is 2.17. The van der Waals surface area contributed by atoms with Crippen molar-refractivity contribution < 1.29 is 18.1 Å². The first-order chi connectivity index (χ1) is 11.9. The molecule has 0 saturated heterocycles. The monoisotopic (exact) mass is 356 g/mol. The van der Waals surface area contributed by atoms with E-state index >= 15 is 0 Å². The van der Waals surface area contributed by atoms with Crippen molar-refractivity contribution in [1.82, 2.24) is 0 Å². The fourth-order valence-corrected chi connectivity index (χ4v) is 2.65. The summed E-state index contributed by atoms with van der Waals surface area (Å²) in [5.41, 5.74) is 0.604. The van der Waals surface area contributed by atoms with Crippen LogP contribution in [-0.2, 0) is 10.1 Å². The predicted molar refractivity (Wildman–Crippen MR) is 90.9 cm³/mol. The zero-order valence-electron chi connectivity index (χ0n) is 12.7. The molecule has 0 amide bonds. The molecule has 3 rings (SSSR count). The molecule has 0 aliphatic rings. The lowest BCUT2D eigenvalue weighted by Crippen LogP contribution is -1.96. The largest absolute Gasteiger partial charge is 0.506 e. The summed E-state index contributed by atoms with van der Waals surface area (Å²) in [5, 5.41) is 26.3. The third kappa shape index (κ3) is 3.84. The zero-order valence-corrected chi connectivity index (χ0v) is 13.5. The van der Waals surface area contributed by atoms with Gasteiger partial charge in [0, 0.05) is 5.39 Å². The van der Waals surface area contributed by atoms with Gasteiger partial charge in [0.05, 0.1) is 10.6 Å². The van der Waals surface area contributed by atoms with Gasteiger partial charge in [-0.25, -0.2) is 0 Å². The van der Waals surface area contributed by atoms with E-state index < -0.39 is 10.1 Å². The summed E-state index contributed by atoms with van der Waals surface area (Å²) in [6, 6.07) is 15.8. The molecule has 3 aromatic rings. The Morgan fingerprint density at radius 1 is 0.800 bits per heavy atom. The molecular formula is C16H12N4O4S. The SMILES string of the molecule is O=S(=O)(O)c1ccc(N=NN=Nc2c(O)ccc3ccccc23)cc1. The van der Waals surface area contributed by atoms with Crippen LogP contribution >= 0.6 is 0 Å². The van der Waals surface area contributed by atoms with Crippen molar-refractivity contribution in [2.45, 2.75) is 4.90 Å². The summed E-state index contributed by atoms with van der Waals surface area (Å²) in [6.07, 6.45) is 0. The van der Waals surface area contributed by atoms with Crippen LogP contribution in [0.4, 0.5) is 11.4 Å². The lowest BCUT2D eigenvalue weighted by atomic mass is 10.1. The van der Waals surface area contributed by atoms with Gasteiger partial charge in [-0.1, -0.05) is 30.3 Å². The Kier molecular flexibility index (Phi) is 4.50. The van der Waals surface area contributed by atoms with Crippen LogP contribution in [-0.4, -0.2) is 18.1 Å². The molecule has 0 heterocycles. The number of hydrogen-bond donors (Lipinski definition) is 2. The van der Waals surface area contributed by atoms with Crippen LogP contribution in [0.25, 0.3) is 10.8 Å². The van der Waals surface area contributed by atoms with Crippen molar-refractivity contribution in [1.29, 1.82) is 0 Å². The van der Waals surface area contributed by atoms with Crippen molar-refractivity contribution in [3.63, 3.8) is 0 Å². The van der Waals surface area contributed by atoms with Gasteiger partial charge in [-0.15, -0.1) is 10.2 Å². The molecule has 0 aliphatic heterocycles. The number of hydrogen-bond acceptors (Lipinski definition) is 5. The van der Waals surface area contributed by atoms with E-state index in [1.54, 1.807) is 12.1 Å². The molecule has 25 heavy (non-hydrogen) atoms. The molecule has 2 N–H and O–H groups in total. The summed E-state index contributed by atoms with van der Waals surface area (Å²) in [4.78, 5) is -0.242. The van der Waals surface area contributed by atoms with Crippen molar-refractivity contribution >= 4 is 32.3 Å². The van der Waals surface area contributed by atoms with Crippen molar-refractivity contribution in [2.24, 2.45) is 20.7 Å². The molecule has 0 saturated carbocycles. The summed E-state index contributed by atoms with van der Waals surface area (Å²) in [6.45, 7) is 0. The maximum atomic E-state index is 10.9. The van der Waals surface area contributed by atoms with Gasteiger partial charge in [0.15, 0.2) is 0 Å². The van der Waals surface area contributed by atoms with Gasteiger partial charge in [0.25, 0.3) is 10.1 Å². The van der Waals surface area contributed by atoms with E-state index in [-0.39, 0.29) is 16.3 Å². The average molecular weight is 356 g/mol. The summed E-state index contributed by atoms with van der Waals surface area (Å²) < 4.78 is 30.8. The van der Waals surface area contributed by atoms with Gasteiger partial charge in [0.1, 0.15) is 11.4 Å². The molecule has 9 heteroatoms. The molecule has 0 spiro atoms. The summed E-state index contributed by atoms with van der Waals surface area (Å²) >= 11 is 0.